The number of carbonyl (C=O) groups is 1. The monoisotopic (exact) mass is 422 g/mol. The number of nitrogens with zero attached hydrogens (tertiary/aromatic N) is 4. The van der Waals surface area contributed by atoms with Gasteiger partial charge < -0.3 is 9.80 Å². The third kappa shape index (κ3) is 3.89. The van der Waals surface area contributed by atoms with Gasteiger partial charge >= 0.3 is 0 Å². The van der Waals surface area contributed by atoms with Gasteiger partial charge in [-0.3, -0.25) is 4.79 Å². The van der Waals surface area contributed by atoms with Gasteiger partial charge in [0.25, 0.3) is 5.91 Å². The van der Waals surface area contributed by atoms with Gasteiger partial charge in [-0.25, -0.2) is 4.68 Å². The van der Waals surface area contributed by atoms with Crippen molar-refractivity contribution in [1.82, 2.24) is 14.7 Å². The van der Waals surface area contributed by atoms with Crippen LogP contribution < -0.4 is 4.90 Å². The second kappa shape index (κ2) is 8.71. The zero-order valence-corrected chi connectivity index (χ0v) is 18.2. The molecule has 32 heavy (non-hydrogen) atoms. The number of aryl methyl sites for hydroxylation is 1. The summed E-state index contributed by atoms with van der Waals surface area (Å²) in [6.07, 6.45) is 0. The predicted molar refractivity (Wildman–Crippen MR) is 128 cm³/mol. The van der Waals surface area contributed by atoms with Gasteiger partial charge in [0.05, 0.1) is 11.4 Å². The molecule has 2 heterocycles. The standard InChI is InChI=1S/C27H26N4O/c1-21-10-8-9-15-25(21)29-16-18-30(19-17-29)27(32)26-20-24(22-11-4-2-5-12-22)28-31(26)23-13-6-3-7-14-23/h2-15,20H,16-19H2,1H3. The Morgan fingerprint density at radius 1 is 0.781 bits per heavy atom. The van der Waals surface area contributed by atoms with E-state index in [0.717, 1.165) is 30.0 Å². The molecule has 0 aliphatic carbocycles. The fourth-order valence-corrected chi connectivity index (χ4v) is 4.28. The van der Waals surface area contributed by atoms with Crippen molar-refractivity contribution in [2.75, 3.05) is 31.1 Å². The van der Waals surface area contributed by atoms with Gasteiger partial charge in [0.15, 0.2) is 0 Å². The molecular formula is C27H26N4O. The lowest BCUT2D eigenvalue weighted by Gasteiger charge is -2.36. The lowest BCUT2D eigenvalue weighted by Crippen LogP contribution is -2.49. The Kier molecular flexibility index (Phi) is 5.46. The minimum Gasteiger partial charge on any atom is -0.368 e. The number of carbonyl (C=O) groups excluding carboxylic acids is 1. The smallest absolute Gasteiger partial charge is 0.272 e. The van der Waals surface area contributed by atoms with Gasteiger partial charge in [-0.1, -0.05) is 66.7 Å². The molecule has 160 valence electrons. The molecule has 1 amide bonds. The highest BCUT2D eigenvalue weighted by Gasteiger charge is 2.26. The van der Waals surface area contributed by atoms with Crippen LogP contribution in [0.2, 0.25) is 0 Å². The number of aromatic nitrogens is 2. The first kappa shape index (κ1) is 20.1. The summed E-state index contributed by atoms with van der Waals surface area (Å²) in [7, 11) is 0. The van der Waals surface area contributed by atoms with Gasteiger partial charge in [0.2, 0.25) is 0 Å². The molecule has 3 aromatic carbocycles. The second-order valence-electron chi connectivity index (χ2n) is 8.09. The maximum Gasteiger partial charge on any atom is 0.272 e. The topological polar surface area (TPSA) is 41.4 Å². The highest BCUT2D eigenvalue weighted by Crippen LogP contribution is 2.25. The number of para-hydroxylation sites is 2. The third-order valence-corrected chi connectivity index (χ3v) is 6.02. The fraction of sp³-hybridized carbons (Fsp3) is 0.185. The Balaban J connectivity index is 1.42. The first-order valence-corrected chi connectivity index (χ1v) is 11.0. The van der Waals surface area contributed by atoms with E-state index >= 15 is 0 Å². The molecule has 5 rings (SSSR count). The molecule has 0 bridgehead atoms. The summed E-state index contributed by atoms with van der Waals surface area (Å²) in [6.45, 7) is 5.15. The van der Waals surface area contributed by atoms with E-state index < -0.39 is 0 Å². The third-order valence-electron chi connectivity index (χ3n) is 6.02. The lowest BCUT2D eigenvalue weighted by molar-refractivity contribution is 0.0737. The van der Waals surface area contributed by atoms with Gasteiger partial charge in [-0.15, -0.1) is 0 Å². The zero-order valence-electron chi connectivity index (χ0n) is 18.2. The van der Waals surface area contributed by atoms with Crippen LogP contribution in [0.4, 0.5) is 5.69 Å². The van der Waals surface area contributed by atoms with Crippen molar-refractivity contribution in [3.05, 3.63) is 102 Å². The Bertz CT molecular complexity index is 1210. The van der Waals surface area contributed by atoms with Gasteiger partial charge in [-0.05, 0) is 36.8 Å². The molecule has 1 aromatic heterocycles. The number of rotatable bonds is 4. The van der Waals surface area contributed by atoms with Crippen LogP contribution in [0.25, 0.3) is 16.9 Å². The zero-order chi connectivity index (χ0) is 21.9. The first-order chi connectivity index (χ1) is 15.7. The summed E-state index contributed by atoms with van der Waals surface area (Å²) in [5, 5.41) is 4.80. The molecule has 1 aliphatic rings. The first-order valence-electron chi connectivity index (χ1n) is 11.0. The molecule has 0 radical (unpaired) electrons. The largest absolute Gasteiger partial charge is 0.368 e. The van der Waals surface area contributed by atoms with Crippen molar-refractivity contribution in [3.8, 4) is 16.9 Å². The highest BCUT2D eigenvalue weighted by atomic mass is 16.2. The van der Waals surface area contributed by atoms with Crippen LogP contribution in [0.15, 0.2) is 91.0 Å². The van der Waals surface area contributed by atoms with Crippen molar-refractivity contribution in [2.45, 2.75) is 6.92 Å². The van der Waals surface area contributed by atoms with E-state index in [1.165, 1.54) is 11.3 Å². The number of amides is 1. The average Bonchev–Trinajstić information content (AvgIpc) is 3.31. The van der Waals surface area contributed by atoms with Gasteiger partial charge in [-0.2, -0.15) is 5.10 Å². The van der Waals surface area contributed by atoms with Crippen molar-refractivity contribution in [1.29, 1.82) is 0 Å². The van der Waals surface area contributed by atoms with Crippen LogP contribution >= 0.6 is 0 Å². The van der Waals surface area contributed by atoms with Gasteiger partial charge in [0, 0.05) is 37.4 Å². The maximum absolute atomic E-state index is 13.6. The number of piperazine rings is 1. The van der Waals surface area contributed by atoms with E-state index in [-0.39, 0.29) is 5.91 Å². The second-order valence-corrected chi connectivity index (χ2v) is 8.09. The van der Waals surface area contributed by atoms with Crippen LogP contribution in [-0.2, 0) is 0 Å². The van der Waals surface area contributed by atoms with Crippen LogP contribution in [0.3, 0.4) is 0 Å². The maximum atomic E-state index is 13.6. The Morgan fingerprint density at radius 3 is 2.09 bits per heavy atom. The van der Waals surface area contributed by atoms with Crippen molar-refractivity contribution in [2.24, 2.45) is 0 Å². The minimum atomic E-state index is 0.0213. The summed E-state index contributed by atoms with van der Waals surface area (Å²) >= 11 is 0. The Morgan fingerprint density at radius 2 is 1.41 bits per heavy atom. The van der Waals surface area contributed by atoms with E-state index in [2.05, 4.69) is 36.1 Å². The van der Waals surface area contributed by atoms with Crippen LogP contribution in [0, 0.1) is 6.92 Å². The molecule has 1 aliphatic heterocycles. The van der Waals surface area contributed by atoms with Crippen LogP contribution in [-0.4, -0.2) is 46.8 Å². The summed E-state index contributed by atoms with van der Waals surface area (Å²) in [5.41, 5.74) is 5.80. The fourth-order valence-electron chi connectivity index (χ4n) is 4.28. The number of benzene rings is 3. The van der Waals surface area contributed by atoms with Crippen molar-refractivity contribution in [3.63, 3.8) is 0 Å². The molecule has 1 fully saturated rings. The van der Waals surface area contributed by atoms with Gasteiger partial charge in [0.1, 0.15) is 5.69 Å². The predicted octanol–water partition coefficient (Wildman–Crippen LogP) is 4.81. The quantitative estimate of drug-likeness (QED) is 0.474. The van der Waals surface area contributed by atoms with Crippen LogP contribution in [0.1, 0.15) is 16.1 Å². The van der Waals surface area contributed by atoms with Crippen molar-refractivity contribution >= 4 is 11.6 Å². The van der Waals surface area contributed by atoms with E-state index in [1.807, 2.05) is 71.6 Å². The molecule has 0 spiro atoms. The molecule has 5 nitrogen and oxygen atoms in total. The van der Waals surface area contributed by atoms with E-state index in [9.17, 15) is 4.79 Å². The normalized spacial score (nSPS) is 13.9. The Labute approximate surface area is 188 Å². The summed E-state index contributed by atoms with van der Waals surface area (Å²) in [5.74, 6) is 0.0213. The molecule has 5 heteroatoms. The average molecular weight is 423 g/mol. The number of hydrogen-bond donors (Lipinski definition) is 0. The highest BCUT2D eigenvalue weighted by molar-refractivity contribution is 5.94. The molecule has 0 saturated carbocycles. The molecule has 4 aromatic rings. The molecule has 0 N–H and O–H groups in total. The van der Waals surface area contributed by atoms with Crippen molar-refractivity contribution < 1.29 is 4.79 Å². The number of hydrogen-bond acceptors (Lipinski definition) is 3. The Hall–Kier alpha value is -3.86. The van der Waals surface area contributed by atoms with Crippen LogP contribution in [0.5, 0.6) is 0 Å². The van der Waals surface area contributed by atoms with E-state index in [4.69, 9.17) is 5.10 Å². The van der Waals surface area contributed by atoms with E-state index in [0.29, 0.717) is 18.8 Å². The molecule has 1 saturated heterocycles. The minimum absolute atomic E-state index is 0.0213. The lowest BCUT2D eigenvalue weighted by atomic mass is 10.1. The molecule has 0 unspecified atom stereocenters. The SMILES string of the molecule is Cc1ccccc1N1CCN(C(=O)c2cc(-c3ccccc3)nn2-c2ccccc2)CC1. The molecule has 0 atom stereocenters. The molecular weight excluding hydrogens is 396 g/mol. The number of anilines is 1. The summed E-state index contributed by atoms with van der Waals surface area (Å²) in [4.78, 5) is 17.9. The van der Waals surface area contributed by atoms with E-state index in [1.54, 1.807) is 4.68 Å². The summed E-state index contributed by atoms with van der Waals surface area (Å²) < 4.78 is 1.78. The summed E-state index contributed by atoms with van der Waals surface area (Å²) in [6, 6.07) is 30.2.